The fraction of sp³-hybridized carbons (Fsp3) is 0.296. The van der Waals surface area contributed by atoms with E-state index in [2.05, 4.69) is 9.97 Å². The van der Waals surface area contributed by atoms with Gasteiger partial charge in [0.1, 0.15) is 18.1 Å². The normalized spacial score (nSPS) is 14.1. The van der Waals surface area contributed by atoms with Gasteiger partial charge in [0.2, 0.25) is 5.88 Å². The van der Waals surface area contributed by atoms with Crippen molar-refractivity contribution in [2.75, 3.05) is 6.61 Å². The molecule has 0 aliphatic heterocycles. The number of allylic oxidation sites excluding steroid dienone is 2. The highest BCUT2D eigenvalue weighted by molar-refractivity contribution is 5.94. The van der Waals surface area contributed by atoms with Crippen molar-refractivity contribution in [2.45, 2.75) is 45.1 Å². The van der Waals surface area contributed by atoms with E-state index in [0.29, 0.717) is 54.4 Å². The zero-order valence-corrected chi connectivity index (χ0v) is 20.4. The van der Waals surface area contributed by atoms with Crippen LogP contribution >= 0.6 is 0 Å². The molecule has 206 valence electrons. The smallest absolute Gasteiger partial charge is 0.417 e. The van der Waals surface area contributed by atoms with Crippen LogP contribution in [0.4, 0.5) is 30.7 Å². The van der Waals surface area contributed by atoms with Gasteiger partial charge in [0.15, 0.2) is 0 Å². The van der Waals surface area contributed by atoms with Crippen molar-refractivity contribution in [3.8, 4) is 5.88 Å². The summed E-state index contributed by atoms with van der Waals surface area (Å²) in [5, 5.41) is 0. The van der Waals surface area contributed by atoms with Crippen molar-refractivity contribution < 1.29 is 45.0 Å². The van der Waals surface area contributed by atoms with Crippen LogP contribution < -0.4 is 4.74 Å². The maximum Gasteiger partial charge on any atom is 0.417 e. The number of rotatable bonds is 7. The average molecular weight is 554 g/mol. The molecule has 0 atom stereocenters. The lowest BCUT2D eigenvalue weighted by atomic mass is 9.99. The Morgan fingerprint density at radius 2 is 1.67 bits per heavy atom. The summed E-state index contributed by atoms with van der Waals surface area (Å²) in [4.78, 5) is 20.3. The van der Waals surface area contributed by atoms with Gasteiger partial charge in [0.05, 0.1) is 23.4 Å². The lowest BCUT2D eigenvalue weighted by molar-refractivity contribution is -0.138. The summed E-state index contributed by atoms with van der Waals surface area (Å²) >= 11 is 0. The van der Waals surface area contributed by atoms with E-state index in [0.717, 1.165) is 12.1 Å². The van der Waals surface area contributed by atoms with Gasteiger partial charge < -0.3 is 9.47 Å². The minimum absolute atomic E-state index is 0.00650. The van der Waals surface area contributed by atoms with Crippen molar-refractivity contribution in [2.24, 2.45) is 0 Å². The van der Waals surface area contributed by atoms with E-state index >= 15 is 0 Å². The maximum absolute atomic E-state index is 14.3. The first kappa shape index (κ1) is 28.1. The highest BCUT2D eigenvalue weighted by atomic mass is 19.4. The Hall–Kier alpha value is -3.96. The third kappa shape index (κ3) is 6.37. The average Bonchev–Trinajstić information content (AvgIpc) is 3.37. The molecule has 3 aromatic rings. The van der Waals surface area contributed by atoms with Crippen LogP contribution in [0.25, 0.3) is 11.1 Å². The molecule has 0 spiro atoms. The maximum atomic E-state index is 14.3. The van der Waals surface area contributed by atoms with E-state index in [1.54, 1.807) is 19.1 Å². The number of hydrogen-bond donors (Lipinski definition) is 0. The highest BCUT2D eigenvalue weighted by Crippen LogP contribution is 2.43. The van der Waals surface area contributed by atoms with Crippen LogP contribution in [-0.2, 0) is 23.7 Å². The Morgan fingerprint density at radius 3 is 2.33 bits per heavy atom. The number of ether oxygens (including phenoxy) is 2. The second-order valence-corrected chi connectivity index (χ2v) is 8.61. The standard InChI is InChI=1S/C27H21F7N2O3/c1-2-38-25(37)23-8-4-7-22(36-23)19-6-3-5-18(19)20-11-17(27(32,33)34)13-35-24(20)39-14-15-9-10-16(12-21(15)28)26(29,30)31/h4,7-13H,2-3,5-6,14H2,1H3. The van der Waals surface area contributed by atoms with Gasteiger partial charge in [-0.25, -0.2) is 19.2 Å². The lowest BCUT2D eigenvalue weighted by Gasteiger charge is -2.16. The minimum Gasteiger partial charge on any atom is -0.472 e. The van der Waals surface area contributed by atoms with E-state index in [1.807, 2.05) is 0 Å². The van der Waals surface area contributed by atoms with E-state index in [1.165, 1.54) is 6.07 Å². The van der Waals surface area contributed by atoms with E-state index in [9.17, 15) is 35.5 Å². The number of aromatic nitrogens is 2. The highest BCUT2D eigenvalue weighted by Gasteiger charge is 2.34. The Labute approximate surface area is 218 Å². The van der Waals surface area contributed by atoms with Gasteiger partial charge in [-0.1, -0.05) is 12.1 Å². The second-order valence-electron chi connectivity index (χ2n) is 8.61. The summed E-state index contributed by atoms with van der Waals surface area (Å²) < 4.78 is 104. The molecule has 0 radical (unpaired) electrons. The topological polar surface area (TPSA) is 61.3 Å². The Balaban J connectivity index is 1.73. The zero-order valence-electron chi connectivity index (χ0n) is 20.4. The number of halogens is 7. The molecule has 12 heteroatoms. The summed E-state index contributed by atoms with van der Waals surface area (Å²) in [6.07, 6.45) is -7.55. The van der Waals surface area contributed by atoms with Crippen LogP contribution in [-0.4, -0.2) is 22.5 Å². The Bertz CT molecular complexity index is 1420. The minimum atomic E-state index is -4.74. The number of pyridine rings is 2. The number of alkyl halides is 6. The van der Waals surface area contributed by atoms with Crippen molar-refractivity contribution >= 4 is 17.1 Å². The largest absolute Gasteiger partial charge is 0.472 e. The molecular weight excluding hydrogens is 533 g/mol. The first-order valence-corrected chi connectivity index (χ1v) is 11.8. The van der Waals surface area contributed by atoms with Crippen LogP contribution in [0.3, 0.4) is 0 Å². The van der Waals surface area contributed by atoms with E-state index in [4.69, 9.17) is 9.47 Å². The third-order valence-electron chi connectivity index (χ3n) is 6.01. The lowest BCUT2D eigenvalue weighted by Crippen LogP contribution is -2.10. The molecule has 0 bridgehead atoms. The summed E-state index contributed by atoms with van der Waals surface area (Å²) in [6.45, 7) is 1.20. The van der Waals surface area contributed by atoms with Gasteiger partial charge in [-0.3, -0.25) is 0 Å². The van der Waals surface area contributed by atoms with Gasteiger partial charge in [-0.15, -0.1) is 0 Å². The number of carbonyl (C=O) groups excluding carboxylic acids is 1. The van der Waals surface area contributed by atoms with Gasteiger partial charge >= 0.3 is 18.3 Å². The fourth-order valence-corrected chi connectivity index (χ4v) is 4.17. The molecule has 0 saturated carbocycles. The molecule has 2 heterocycles. The summed E-state index contributed by atoms with van der Waals surface area (Å²) in [5.74, 6) is -2.08. The SMILES string of the molecule is CCOC(=O)c1cccc(C2=C(c3cc(C(F)(F)F)cnc3OCc3ccc(C(F)(F)F)cc3F)CCC2)n1. The van der Waals surface area contributed by atoms with Gasteiger partial charge in [0.25, 0.3) is 0 Å². The van der Waals surface area contributed by atoms with Crippen LogP contribution in [0.5, 0.6) is 5.88 Å². The van der Waals surface area contributed by atoms with Gasteiger partial charge in [-0.05, 0) is 67.7 Å². The van der Waals surface area contributed by atoms with Crippen molar-refractivity contribution in [1.82, 2.24) is 9.97 Å². The molecule has 0 N–H and O–H groups in total. The summed E-state index contributed by atoms with van der Waals surface area (Å²) in [6, 6.07) is 7.40. The molecule has 0 unspecified atom stereocenters. The molecule has 4 rings (SSSR count). The molecule has 1 aromatic carbocycles. The third-order valence-corrected chi connectivity index (χ3v) is 6.01. The predicted octanol–water partition coefficient (Wildman–Crippen LogP) is 7.50. The summed E-state index contributed by atoms with van der Waals surface area (Å²) in [5.41, 5.74) is -1.05. The monoisotopic (exact) mass is 554 g/mol. The molecule has 39 heavy (non-hydrogen) atoms. The molecule has 1 aliphatic rings. The quantitative estimate of drug-likeness (QED) is 0.224. The van der Waals surface area contributed by atoms with Gasteiger partial charge in [-0.2, -0.15) is 26.3 Å². The molecular formula is C27H21F7N2O3. The van der Waals surface area contributed by atoms with Crippen LogP contribution in [0.1, 0.15) is 64.6 Å². The van der Waals surface area contributed by atoms with Crippen molar-refractivity contribution in [3.63, 3.8) is 0 Å². The van der Waals surface area contributed by atoms with E-state index < -0.39 is 41.9 Å². The second kappa shape index (κ2) is 11.0. The van der Waals surface area contributed by atoms with Crippen LogP contribution in [0, 0.1) is 5.82 Å². The van der Waals surface area contributed by atoms with Crippen LogP contribution in [0.2, 0.25) is 0 Å². The van der Waals surface area contributed by atoms with Crippen molar-refractivity contribution in [3.05, 3.63) is 88.1 Å². The van der Waals surface area contributed by atoms with Crippen LogP contribution in [0.15, 0.2) is 48.7 Å². The molecule has 0 fully saturated rings. The fourth-order valence-electron chi connectivity index (χ4n) is 4.17. The zero-order chi connectivity index (χ0) is 28.4. The number of hydrogen-bond acceptors (Lipinski definition) is 5. The van der Waals surface area contributed by atoms with E-state index in [-0.39, 0.29) is 29.3 Å². The number of benzene rings is 1. The Morgan fingerprint density at radius 1 is 0.949 bits per heavy atom. The number of carbonyl (C=O) groups is 1. The molecule has 0 saturated heterocycles. The number of nitrogens with zero attached hydrogens (tertiary/aromatic N) is 2. The predicted molar refractivity (Wildman–Crippen MR) is 126 cm³/mol. The molecule has 0 amide bonds. The number of esters is 1. The van der Waals surface area contributed by atoms with Gasteiger partial charge in [0, 0.05) is 17.3 Å². The first-order chi connectivity index (χ1) is 18.4. The first-order valence-electron chi connectivity index (χ1n) is 11.8. The summed E-state index contributed by atoms with van der Waals surface area (Å²) in [7, 11) is 0. The molecule has 2 aromatic heterocycles. The molecule has 1 aliphatic carbocycles. The molecule has 5 nitrogen and oxygen atoms in total. The van der Waals surface area contributed by atoms with Crippen molar-refractivity contribution in [1.29, 1.82) is 0 Å². The Kier molecular flexibility index (Phi) is 7.94.